The average molecular weight is 357 g/mol. The van der Waals surface area contributed by atoms with E-state index in [1.807, 2.05) is 26.8 Å². The highest BCUT2D eigenvalue weighted by molar-refractivity contribution is 9.10. The molecule has 2 rings (SSSR count). The topological polar surface area (TPSA) is 64.3 Å². The number of nitrogens with two attached hydrogens (primary N) is 1. The molecule has 0 saturated carbocycles. The Morgan fingerprint density at radius 2 is 1.95 bits per heavy atom. The van der Waals surface area contributed by atoms with E-state index in [4.69, 9.17) is 5.73 Å². The van der Waals surface area contributed by atoms with E-state index in [0.29, 0.717) is 12.4 Å². The number of nitrogen functional groups attached to an aromatic ring is 1. The maximum Gasteiger partial charge on any atom is 0.293 e. The monoisotopic (exact) mass is 356 g/mol. The molecule has 0 spiro atoms. The number of ether oxygens (including phenoxy) is 1. The van der Waals surface area contributed by atoms with Gasteiger partial charge in [-0.25, -0.2) is 0 Å². The zero-order valence-corrected chi connectivity index (χ0v) is 14.6. The first kappa shape index (κ1) is 18.0. The molecular weight excluding hydrogens is 332 g/mol. The number of rotatable bonds is 2. The molecule has 4 nitrogen and oxygen atoms in total. The molecule has 1 fully saturated rings. The predicted octanol–water partition coefficient (Wildman–Crippen LogP) is 3.46. The Hall–Kier alpha value is -1.07. The first-order chi connectivity index (χ1) is 9.83. The largest absolute Gasteiger partial charge is 0.462 e. The van der Waals surface area contributed by atoms with Crippen molar-refractivity contribution in [3.8, 4) is 0 Å². The van der Waals surface area contributed by atoms with Gasteiger partial charge < -0.3 is 15.8 Å². The Kier molecular flexibility index (Phi) is 7.18. The summed E-state index contributed by atoms with van der Waals surface area (Å²) in [6.45, 7) is 8.18. The van der Waals surface area contributed by atoms with Crippen LogP contribution in [0, 0.1) is 0 Å². The van der Waals surface area contributed by atoms with E-state index in [2.05, 4.69) is 38.1 Å². The minimum Gasteiger partial charge on any atom is -0.462 e. The van der Waals surface area contributed by atoms with Gasteiger partial charge in [0, 0.05) is 10.2 Å². The summed E-state index contributed by atoms with van der Waals surface area (Å²) in [7, 11) is 0. The fourth-order valence-electron chi connectivity index (χ4n) is 2.10. The molecule has 1 heterocycles. The van der Waals surface area contributed by atoms with Crippen molar-refractivity contribution in [1.82, 2.24) is 5.32 Å². The van der Waals surface area contributed by atoms with Gasteiger partial charge in [-0.05, 0) is 86.2 Å². The smallest absolute Gasteiger partial charge is 0.293 e. The molecule has 0 bridgehead atoms. The van der Waals surface area contributed by atoms with Gasteiger partial charge in [0.25, 0.3) is 6.47 Å². The van der Waals surface area contributed by atoms with Crippen molar-refractivity contribution in [3.63, 3.8) is 0 Å². The van der Waals surface area contributed by atoms with Crippen molar-refractivity contribution in [2.24, 2.45) is 0 Å². The Balaban J connectivity index is 0.000000270. The number of hydrogen-bond donors (Lipinski definition) is 2. The van der Waals surface area contributed by atoms with Crippen LogP contribution in [-0.2, 0) is 9.53 Å². The summed E-state index contributed by atoms with van der Waals surface area (Å²) in [5, 5.41) is 3.37. The summed E-state index contributed by atoms with van der Waals surface area (Å²) in [5.74, 6) is 0.702. The van der Waals surface area contributed by atoms with Gasteiger partial charge in [0.05, 0.1) is 0 Å². The fraction of sp³-hybridized carbons (Fsp3) is 0.562. The summed E-state index contributed by atoms with van der Waals surface area (Å²) in [6, 6.07) is 6.29. The number of carbonyl (C=O) groups excluding carboxylic acids is 1. The van der Waals surface area contributed by atoms with Gasteiger partial charge in [-0.3, -0.25) is 4.79 Å². The van der Waals surface area contributed by atoms with E-state index in [0.717, 1.165) is 23.2 Å². The Labute approximate surface area is 135 Å². The molecule has 1 aliphatic heterocycles. The number of carbonyl (C=O) groups is 1. The lowest BCUT2D eigenvalue weighted by Crippen LogP contribution is -2.26. The van der Waals surface area contributed by atoms with E-state index in [1.54, 1.807) is 0 Å². The predicted molar refractivity (Wildman–Crippen MR) is 90.3 cm³/mol. The number of nitrogens with one attached hydrogen (secondary N) is 1. The molecule has 1 aromatic carbocycles. The number of anilines is 1. The third-order valence-corrected chi connectivity index (χ3v) is 3.92. The van der Waals surface area contributed by atoms with Crippen LogP contribution >= 0.6 is 15.9 Å². The van der Waals surface area contributed by atoms with Crippen molar-refractivity contribution in [2.75, 3.05) is 18.8 Å². The molecule has 0 unspecified atom stereocenters. The molecule has 0 aliphatic carbocycles. The van der Waals surface area contributed by atoms with Crippen molar-refractivity contribution in [1.29, 1.82) is 0 Å². The molecule has 21 heavy (non-hydrogen) atoms. The second-order valence-corrected chi connectivity index (χ2v) is 6.99. The van der Waals surface area contributed by atoms with Gasteiger partial charge >= 0.3 is 0 Å². The first-order valence-electron chi connectivity index (χ1n) is 7.20. The van der Waals surface area contributed by atoms with Gasteiger partial charge in [-0.15, -0.1) is 0 Å². The molecule has 5 heteroatoms. The minimum atomic E-state index is -0.318. The normalized spacial score (nSPS) is 15.8. The van der Waals surface area contributed by atoms with E-state index in [1.165, 1.54) is 18.4 Å². The SMILES string of the molecule is CC(C)(C)OC=O.Nc1ccc(C2CCNCC2)cc1Br. The maximum absolute atomic E-state index is 9.60. The van der Waals surface area contributed by atoms with Gasteiger partial charge in [0.15, 0.2) is 0 Å². The van der Waals surface area contributed by atoms with Gasteiger partial charge in [-0.2, -0.15) is 0 Å². The summed E-state index contributed by atoms with van der Waals surface area (Å²) < 4.78 is 5.57. The molecule has 1 saturated heterocycles. The fourth-order valence-corrected chi connectivity index (χ4v) is 2.49. The van der Waals surface area contributed by atoms with Crippen LogP contribution in [0.15, 0.2) is 22.7 Å². The van der Waals surface area contributed by atoms with E-state index in [9.17, 15) is 4.79 Å². The summed E-state index contributed by atoms with van der Waals surface area (Å²) in [6.07, 6.45) is 2.46. The molecule has 0 atom stereocenters. The third kappa shape index (κ3) is 6.96. The number of halogens is 1. The highest BCUT2D eigenvalue weighted by Crippen LogP contribution is 2.29. The minimum absolute atomic E-state index is 0.318. The van der Waals surface area contributed by atoms with Crippen molar-refractivity contribution < 1.29 is 9.53 Å². The van der Waals surface area contributed by atoms with Gasteiger partial charge in [0.2, 0.25) is 0 Å². The summed E-state index contributed by atoms with van der Waals surface area (Å²) >= 11 is 3.47. The molecule has 118 valence electrons. The van der Waals surface area contributed by atoms with E-state index >= 15 is 0 Å². The van der Waals surface area contributed by atoms with Crippen molar-refractivity contribution in [2.45, 2.75) is 45.1 Å². The van der Waals surface area contributed by atoms with Crippen LogP contribution in [-0.4, -0.2) is 25.2 Å². The van der Waals surface area contributed by atoms with E-state index in [-0.39, 0.29) is 5.60 Å². The second-order valence-electron chi connectivity index (χ2n) is 6.13. The first-order valence-corrected chi connectivity index (χ1v) is 8.00. The van der Waals surface area contributed by atoms with Crippen LogP contribution in [0.5, 0.6) is 0 Å². The standard InChI is InChI=1S/C11H15BrN2.C5H10O2/c12-10-7-9(1-2-11(10)13)8-3-5-14-6-4-8;1-5(2,3)7-4-6/h1-2,7-8,14H,3-6,13H2;4H,1-3H3. The number of hydrogen-bond acceptors (Lipinski definition) is 4. The molecule has 1 aliphatic rings. The Morgan fingerprint density at radius 1 is 1.33 bits per heavy atom. The molecule has 1 aromatic rings. The lowest BCUT2D eigenvalue weighted by molar-refractivity contribution is -0.138. The lowest BCUT2D eigenvalue weighted by atomic mass is 9.90. The van der Waals surface area contributed by atoms with Crippen LogP contribution in [0.3, 0.4) is 0 Å². The highest BCUT2D eigenvalue weighted by atomic mass is 79.9. The van der Waals surface area contributed by atoms with Crippen LogP contribution in [0.2, 0.25) is 0 Å². The van der Waals surface area contributed by atoms with Crippen molar-refractivity contribution in [3.05, 3.63) is 28.2 Å². The van der Waals surface area contributed by atoms with Crippen LogP contribution < -0.4 is 11.1 Å². The second kappa shape index (κ2) is 8.39. The molecule has 0 radical (unpaired) electrons. The summed E-state index contributed by atoms with van der Waals surface area (Å²) in [4.78, 5) is 9.60. The molecule has 0 aromatic heterocycles. The maximum atomic E-state index is 9.60. The van der Waals surface area contributed by atoms with Crippen molar-refractivity contribution >= 4 is 28.1 Å². The lowest BCUT2D eigenvalue weighted by Gasteiger charge is -2.23. The van der Waals surface area contributed by atoms with Crippen LogP contribution in [0.1, 0.15) is 45.1 Å². The van der Waals surface area contributed by atoms with E-state index < -0.39 is 0 Å². The molecule has 3 N–H and O–H groups in total. The number of benzene rings is 1. The highest BCUT2D eigenvalue weighted by Gasteiger charge is 2.15. The van der Waals surface area contributed by atoms with Gasteiger partial charge in [0.1, 0.15) is 5.60 Å². The quantitative estimate of drug-likeness (QED) is 0.629. The molecule has 0 amide bonds. The third-order valence-electron chi connectivity index (χ3n) is 3.24. The zero-order valence-electron chi connectivity index (χ0n) is 13.0. The average Bonchev–Trinajstić information content (AvgIpc) is 2.42. The Morgan fingerprint density at radius 3 is 2.38 bits per heavy atom. The summed E-state index contributed by atoms with van der Waals surface area (Å²) in [5.41, 5.74) is 7.67. The van der Waals surface area contributed by atoms with Crippen LogP contribution in [0.4, 0.5) is 5.69 Å². The number of piperidine rings is 1. The van der Waals surface area contributed by atoms with Gasteiger partial charge in [-0.1, -0.05) is 6.07 Å². The van der Waals surface area contributed by atoms with Crippen LogP contribution in [0.25, 0.3) is 0 Å². The Bertz CT molecular complexity index is 452. The molecular formula is C16H25BrN2O2. The zero-order chi connectivity index (χ0) is 15.9.